The van der Waals surface area contributed by atoms with E-state index in [1.54, 1.807) is 0 Å². The molecule has 7 heteroatoms. The van der Waals surface area contributed by atoms with Crippen molar-refractivity contribution in [3.8, 4) is 0 Å². The molecular formula is C20H27FN6. The second-order valence-corrected chi connectivity index (χ2v) is 7.98. The summed E-state index contributed by atoms with van der Waals surface area (Å²) in [7, 11) is 2.23. The summed E-state index contributed by atoms with van der Waals surface area (Å²) in [6.07, 6.45) is 9.50. The second-order valence-electron chi connectivity index (χ2n) is 7.98. The maximum absolute atomic E-state index is 12.9. The lowest BCUT2D eigenvalue weighted by atomic mass is 9.71. The number of nitrogens with one attached hydrogen (secondary N) is 1. The molecule has 1 N–H and O–H groups in total. The van der Waals surface area contributed by atoms with Crippen molar-refractivity contribution in [2.24, 2.45) is 5.41 Å². The molecule has 0 atom stereocenters. The zero-order valence-corrected chi connectivity index (χ0v) is 15.9. The van der Waals surface area contributed by atoms with E-state index in [9.17, 15) is 4.39 Å². The largest absolute Gasteiger partial charge is 0.309 e. The van der Waals surface area contributed by atoms with E-state index in [1.807, 2.05) is 12.3 Å². The summed E-state index contributed by atoms with van der Waals surface area (Å²) < 4.78 is 12.9. The lowest BCUT2D eigenvalue weighted by Crippen LogP contribution is -2.45. The van der Waals surface area contributed by atoms with Crippen LogP contribution in [0.4, 0.5) is 16.2 Å². The Morgan fingerprint density at radius 1 is 0.963 bits per heavy atom. The summed E-state index contributed by atoms with van der Waals surface area (Å²) in [5.74, 6) is 0.554. The van der Waals surface area contributed by atoms with E-state index in [4.69, 9.17) is 0 Å². The average molecular weight is 370 g/mol. The number of rotatable bonds is 4. The van der Waals surface area contributed by atoms with Crippen LogP contribution in [0.1, 0.15) is 31.2 Å². The number of pyridine rings is 1. The molecule has 27 heavy (non-hydrogen) atoms. The van der Waals surface area contributed by atoms with Gasteiger partial charge >= 0.3 is 0 Å². The molecule has 4 heterocycles. The maximum Gasteiger partial charge on any atom is 0.228 e. The first-order valence-corrected chi connectivity index (χ1v) is 9.71. The number of anilines is 2. The van der Waals surface area contributed by atoms with Crippen LogP contribution in [0.5, 0.6) is 0 Å². The van der Waals surface area contributed by atoms with Crippen molar-refractivity contribution in [3.05, 3.63) is 42.1 Å². The van der Waals surface area contributed by atoms with E-state index in [-0.39, 0.29) is 0 Å². The zero-order chi connectivity index (χ0) is 18.7. The lowest BCUT2D eigenvalue weighted by Gasteiger charge is -2.46. The van der Waals surface area contributed by atoms with Crippen molar-refractivity contribution >= 4 is 11.8 Å². The SMILES string of the molecule is CN1CCC2(CC1)CCN(Cc1ccc(Nc3ncc(F)cn3)nc1)CC2. The number of aromatic nitrogens is 3. The molecule has 2 aliphatic rings. The van der Waals surface area contributed by atoms with Gasteiger partial charge in [-0.05, 0) is 76.0 Å². The lowest BCUT2D eigenvalue weighted by molar-refractivity contribution is 0.0400. The van der Waals surface area contributed by atoms with Gasteiger partial charge < -0.3 is 10.2 Å². The van der Waals surface area contributed by atoms with Crippen LogP contribution in [0, 0.1) is 11.2 Å². The van der Waals surface area contributed by atoms with Crippen molar-refractivity contribution in [2.45, 2.75) is 32.2 Å². The molecule has 0 unspecified atom stereocenters. The Hall–Kier alpha value is -2.12. The highest BCUT2D eigenvalue weighted by atomic mass is 19.1. The van der Waals surface area contributed by atoms with E-state index in [1.165, 1.54) is 57.4 Å². The van der Waals surface area contributed by atoms with Crippen LogP contribution in [-0.4, -0.2) is 58.0 Å². The monoisotopic (exact) mass is 370 g/mol. The number of likely N-dealkylation sites (tertiary alicyclic amines) is 2. The second kappa shape index (κ2) is 7.86. The molecule has 2 saturated heterocycles. The summed E-state index contributed by atoms with van der Waals surface area (Å²) in [4.78, 5) is 17.2. The fraction of sp³-hybridized carbons (Fsp3) is 0.550. The normalized spacial score (nSPS) is 20.7. The molecule has 6 nitrogen and oxygen atoms in total. The topological polar surface area (TPSA) is 57.2 Å². The summed E-state index contributed by atoms with van der Waals surface area (Å²) >= 11 is 0. The first-order chi connectivity index (χ1) is 13.1. The highest BCUT2D eigenvalue weighted by molar-refractivity contribution is 5.47. The van der Waals surface area contributed by atoms with Crippen LogP contribution in [0.15, 0.2) is 30.7 Å². The standard InChI is InChI=1S/C20H27FN6/c1-26-8-4-20(5-9-26)6-10-27(11-7-20)15-16-2-3-18(22-12-16)25-19-23-13-17(21)14-24-19/h2-3,12-14H,4-11,15H2,1H3,(H,22,23,24,25). The molecule has 2 aromatic rings. The summed E-state index contributed by atoms with van der Waals surface area (Å²) in [6.45, 7) is 5.78. The van der Waals surface area contributed by atoms with Crippen molar-refractivity contribution in [1.82, 2.24) is 24.8 Å². The van der Waals surface area contributed by atoms with Crippen LogP contribution >= 0.6 is 0 Å². The molecule has 2 aliphatic heterocycles. The number of piperidine rings is 2. The fourth-order valence-electron chi connectivity index (χ4n) is 4.12. The van der Waals surface area contributed by atoms with Gasteiger partial charge in [0.2, 0.25) is 5.95 Å². The van der Waals surface area contributed by atoms with Crippen LogP contribution < -0.4 is 5.32 Å². The van der Waals surface area contributed by atoms with Crippen molar-refractivity contribution in [2.75, 3.05) is 38.5 Å². The third-order valence-electron chi connectivity index (χ3n) is 6.06. The molecule has 0 radical (unpaired) electrons. The number of nitrogens with zero attached hydrogens (tertiary/aromatic N) is 5. The molecule has 2 fully saturated rings. The minimum atomic E-state index is -0.451. The van der Waals surface area contributed by atoms with Gasteiger partial charge in [-0.1, -0.05) is 6.07 Å². The van der Waals surface area contributed by atoms with Gasteiger partial charge in [-0.25, -0.2) is 19.3 Å². The fourth-order valence-corrected chi connectivity index (χ4v) is 4.12. The zero-order valence-electron chi connectivity index (χ0n) is 15.9. The van der Waals surface area contributed by atoms with Gasteiger partial charge in [0, 0.05) is 12.7 Å². The molecule has 4 rings (SSSR count). The predicted octanol–water partition coefficient (Wildman–Crippen LogP) is 3.06. The van der Waals surface area contributed by atoms with Crippen LogP contribution in [0.2, 0.25) is 0 Å². The van der Waals surface area contributed by atoms with Crippen molar-refractivity contribution in [1.29, 1.82) is 0 Å². The van der Waals surface area contributed by atoms with Gasteiger partial charge in [0.05, 0.1) is 12.4 Å². The van der Waals surface area contributed by atoms with Crippen molar-refractivity contribution < 1.29 is 4.39 Å². The Balaban J connectivity index is 1.28. The summed E-state index contributed by atoms with van der Waals surface area (Å²) in [5.41, 5.74) is 1.80. The maximum atomic E-state index is 12.9. The number of hydrogen-bond donors (Lipinski definition) is 1. The van der Waals surface area contributed by atoms with Crippen LogP contribution in [0.25, 0.3) is 0 Å². The number of halogens is 1. The smallest absolute Gasteiger partial charge is 0.228 e. The number of hydrogen-bond acceptors (Lipinski definition) is 6. The molecule has 0 bridgehead atoms. The van der Waals surface area contributed by atoms with Gasteiger partial charge in [0.1, 0.15) is 5.82 Å². The third-order valence-corrected chi connectivity index (χ3v) is 6.06. The molecule has 1 spiro atoms. The molecular weight excluding hydrogens is 343 g/mol. The molecule has 0 aliphatic carbocycles. The Morgan fingerprint density at radius 3 is 2.26 bits per heavy atom. The first kappa shape index (κ1) is 18.3. The Labute approximate surface area is 159 Å². The van der Waals surface area contributed by atoms with E-state index in [2.05, 4.69) is 43.2 Å². The van der Waals surface area contributed by atoms with E-state index >= 15 is 0 Å². The molecule has 0 saturated carbocycles. The van der Waals surface area contributed by atoms with E-state index in [0.717, 1.165) is 18.9 Å². The first-order valence-electron chi connectivity index (χ1n) is 9.71. The molecule has 144 valence electrons. The molecule has 0 aromatic carbocycles. The summed E-state index contributed by atoms with van der Waals surface area (Å²) in [5, 5.41) is 2.99. The summed E-state index contributed by atoms with van der Waals surface area (Å²) in [6, 6.07) is 4.00. The third kappa shape index (κ3) is 4.59. The predicted molar refractivity (Wildman–Crippen MR) is 103 cm³/mol. The van der Waals surface area contributed by atoms with E-state index in [0.29, 0.717) is 17.2 Å². The van der Waals surface area contributed by atoms with Gasteiger partial charge in [-0.3, -0.25) is 4.90 Å². The van der Waals surface area contributed by atoms with E-state index < -0.39 is 5.82 Å². The van der Waals surface area contributed by atoms with Crippen molar-refractivity contribution in [3.63, 3.8) is 0 Å². The Morgan fingerprint density at radius 2 is 1.63 bits per heavy atom. The minimum Gasteiger partial charge on any atom is -0.309 e. The minimum absolute atomic E-state index is 0.344. The molecule has 2 aromatic heterocycles. The Kier molecular flexibility index (Phi) is 5.31. The highest BCUT2D eigenvalue weighted by Gasteiger charge is 2.36. The van der Waals surface area contributed by atoms with Crippen LogP contribution in [-0.2, 0) is 6.54 Å². The van der Waals surface area contributed by atoms with Gasteiger partial charge in [0.25, 0.3) is 0 Å². The van der Waals surface area contributed by atoms with Gasteiger partial charge in [-0.2, -0.15) is 0 Å². The van der Waals surface area contributed by atoms with Crippen LogP contribution in [0.3, 0.4) is 0 Å². The van der Waals surface area contributed by atoms with Gasteiger partial charge in [-0.15, -0.1) is 0 Å². The molecule has 0 amide bonds. The van der Waals surface area contributed by atoms with Gasteiger partial charge in [0.15, 0.2) is 5.82 Å². The highest BCUT2D eigenvalue weighted by Crippen LogP contribution is 2.41. The Bertz CT molecular complexity index is 730. The quantitative estimate of drug-likeness (QED) is 0.893. The average Bonchev–Trinajstić information content (AvgIpc) is 2.70.